The number of aliphatic imine (C=N–C) groups is 1. The van der Waals surface area contributed by atoms with Crippen LogP contribution in [-0.2, 0) is 9.47 Å². The van der Waals surface area contributed by atoms with Crippen LogP contribution in [-0.4, -0.2) is 56.9 Å². The molecule has 0 aromatic heterocycles. The molecule has 2 atom stereocenters. The molecule has 1 saturated heterocycles. The van der Waals surface area contributed by atoms with E-state index < -0.39 is 0 Å². The minimum Gasteiger partial charge on any atom is -0.383 e. The van der Waals surface area contributed by atoms with Crippen LogP contribution in [0.4, 0.5) is 0 Å². The van der Waals surface area contributed by atoms with Gasteiger partial charge in [-0.3, -0.25) is 5.43 Å². The Balaban J connectivity index is 2.54. The molecule has 0 bridgehead atoms. The summed E-state index contributed by atoms with van der Waals surface area (Å²) in [5, 5.41) is 0. The Labute approximate surface area is 103 Å². The van der Waals surface area contributed by atoms with Crippen molar-refractivity contribution < 1.29 is 9.47 Å². The van der Waals surface area contributed by atoms with E-state index in [0.29, 0.717) is 25.3 Å². The molecule has 1 aliphatic heterocycles. The van der Waals surface area contributed by atoms with Crippen LogP contribution in [0.2, 0.25) is 0 Å². The highest BCUT2D eigenvalue weighted by molar-refractivity contribution is 5.79. The van der Waals surface area contributed by atoms with Crippen LogP contribution in [0.5, 0.6) is 0 Å². The standard InChI is InChI=1S/C11H24N4O2/c1-9-8-10(17-3)4-6-15(9)11(14-12)13-5-7-16-2/h9-10H,4-8,12H2,1-3H3,(H,13,14). The van der Waals surface area contributed by atoms with Crippen molar-refractivity contribution in [2.24, 2.45) is 10.8 Å². The van der Waals surface area contributed by atoms with Gasteiger partial charge in [-0.05, 0) is 19.8 Å². The third kappa shape index (κ3) is 4.14. The van der Waals surface area contributed by atoms with E-state index in [0.717, 1.165) is 25.3 Å². The molecule has 1 aliphatic rings. The zero-order valence-electron chi connectivity index (χ0n) is 11.0. The highest BCUT2D eigenvalue weighted by Gasteiger charge is 2.27. The van der Waals surface area contributed by atoms with E-state index >= 15 is 0 Å². The van der Waals surface area contributed by atoms with Crippen LogP contribution in [0.25, 0.3) is 0 Å². The maximum Gasteiger partial charge on any atom is 0.208 e. The second-order valence-electron chi connectivity index (χ2n) is 4.27. The van der Waals surface area contributed by atoms with Crippen molar-refractivity contribution in [1.82, 2.24) is 10.3 Å². The Hall–Kier alpha value is -0.850. The molecule has 2 unspecified atom stereocenters. The third-order valence-corrected chi connectivity index (χ3v) is 3.12. The zero-order valence-corrected chi connectivity index (χ0v) is 11.0. The number of nitrogens with one attached hydrogen (secondary N) is 1. The first-order valence-corrected chi connectivity index (χ1v) is 6.02. The van der Waals surface area contributed by atoms with Crippen molar-refractivity contribution in [3.05, 3.63) is 0 Å². The number of rotatable bonds is 4. The quantitative estimate of drug-likeness (QED) is 0.238. The van der Waals surface area contributed by atoms with Gasteiger partial charge < -0.3 is 14.4 Å². The normalized spacial score (nSPS) is 26.1. The van der Waals surface area contributed by atoms with Crippen LogP contribution in [0.1, 0.15) is 19.8 Å². The largest absolute Gasteiger partial charge is 0.383 e. The van der Waals surface area contributed by atoms with Gasteiger partial charge in [-0.25, -0.2) is 10.8 Å². The van der Waals surface area contributed by atoms with E-state index in [4.69, 9.17) is 15.3 Å². The molecule has 0 saturated carbocycles. The summed E-state index contributed by atoms with van der Waals surface area (Å²) in [6.07, 6.45) is 2.35. The van der Waals surface area contributed by atoms with E-state index in [1.807, 2.05) is 0 Å². The molecule has 0 aromatic rings. The summed E-state index contributed by atoms with van der Waals surface area (Å²) in [4.78, 5) is 6.58. The molecule has 100 valence electrons. The summed E-state index contributed by atoms with van der Waals surface area (Å²) in [6, 6.07) is 0.381. The Morgan fingerprint density at radius 2 is 2.29 bits per heavy atom. The van der Waals surface area contributed by atoms with Gasteiger partial charge in [0.25, 0.3) is 0 Å². The van der Waals surface area contributed by atoms with Gasteiger partial charge in [0, 0.05) is 26.8 Å². The first kappa shape index (κ1) is 14.2. The van der Waals surface area contributed by atoms with Crippen LogP contribution >= 0.6 is 0 Å². The molecule has 0 amide bonds. The zero-order chi connectivity index (χ0) is 12.7. The minimum absolute atomic E-state index is 0.347. The number of hydrogen-bond acceptors (Lipinski definition) is 4. The molecule has 0 spiro atoms. The number of methoxy groups -OCH3 is 2. The lowest BCUT2D eigenvalue weighted by Gasteiger charge is -2.38. The lowest BCUT2D eigenvalue weighted by Crippen LogP contribution is -2.53. The van der Waals surface area contributed by atoms with Crippen molar-refractivity contribution in [2.45, 2.75) is 31.9 Å². The first-order valence-electron chi connectivity index (χ1n) is 6.02. The van der Waals surface area contributed by atoms with Gasteiger partial charge in [-0.2, -0.15) is 0 Å². The van der Waals surface area contributed by atoms with Gasteiger partial charge in [-0.1, -0.05) is 0 Å². The molecule has 1 fully saturated rings. The molecular formula is C11H24N4O2. The van der Waals surface area contributed by atoms with Crippen molar-refractivity contribution in [2.75, 3.05) is 33.9 Å². The van der Waals surface area contributed by atoms with E-state index in [1.165, 1.54) is 0 Å². The number of likely N-dealkylation sites (tertiary alicyclic amines) is 1. The first-order chi connectivity index (χ1) is 8.22. The summed E-state index contributed by atoms with van der Waals surface area (Å²) >= 11 is 0. The monoisotopic (exact) mass is 244 g/mol. The maximum atomic E-state index is 5.52. The summed E-state index contributed by atoms with van der Waals surface area (Å²) in [5.41, 5.74) is 2.67. The fourth-order valence-corrected chi connectivity index (χ4v) is 2.12. The van der Waals surface area contributed by atoms with Gasteiger partial charge in [0.2, 0.25) is 5.96 Å². The smallest absolute Gasteiger partial charge is 0.208 e. The van der Waals surface area contributed by atoms with Crippen molar-refractivity contribution in [3.63, 3.8) is 0 Å². The number of hydrazine groups is 1. The average Bonchev–Trinajstić information content (AvgIpc) is 2.35. The van der Waals surface area contributed by atoms with Crippen LogP contribution in [0.3, 0.4) is 0 Å². The van der Waals surface area contributed by atoms with Crippen LogP contribution < -0.4 is 11.3 Å². The lowest BCUT2D eigenvalue weighted by atomic mass is 10.0. The summed E-state index contributed by atoms with van der Waals surface area (Å²) < 4.78 is 10.4. The highest BCUT2D eigenvalue weighted by atomic mass is 16.5. The van der Waals surface area contributed by atoms with E-state index in [9.17, 15) is 0 Å². The number of piperidine rings is 1. The molecule has 6 nitrogen and oxygen atoms in total. The van der Waals surface area contributed by atoms with Crippen molar-refractivity contribution in [3.8, 4) is 0 Å². The maximum absolute atomic E-state index is 5.52. The molecule has 1 heterocycles. The number of guanidine groups is 1. The Kier molecular flexibility index (Phi) is 6.25. The van der Waals surface area contributed by atoms with Gasteiger partial charge >= 0.3 is 0 Å². The van der Waals surface area contributed by atoms with Crippen LogP contribution in [0.15, 0.2) is 4.99 Å². The van der Waals surface area contributed by atoms with Gasteiger partial charge in [0.15, 0.2) is 0 Å². The van der Waals surface area contributed by atoms with Crippen molar-refractivity contribution in [1.29, 1.82) is 0 Å². The summed E-state index contributed by atoms with van der Waals surface area (Å²) in [7, 11) is 3.43. The number of nitrogens with two attached hydrogens (primary N) is 1. The average molecular weight is 244 g/mol. The van der Waals surface area contributed by atoms with E-state index in [-0.39, 0.29) is 0 Å². The second kappa shape index (κ2) is 7.47. The van der Waals surface area contributed by atoms with Crippen LogP contribution in [0, 0.1) is 0 Å². The number of hydrogen-bond donors (Lipinski definition) is 2. The van der Waals surface area contributed by atoms with Gasteiger partial charge in [0.1, 0.15) is 0 Å². The topological polar surface area (TPSA) is 72.1 Å². The summed E-state index contributed by atoms with van der Waals surface area (Å²) in [6.45, 7) is 4.30. The number of ether oxygens (including phenoxy) is 2. The molecular weight excluding hydrogens is 220 g/mol. The lowest BCUT2D eigenvalue weighted by molar-refractivity contribution is 0.0374. The fraction of sp³-hybridized carbons (Fsp3) is 0.909. The number of nitrogens with zero attached hydrogens (tertiary/aromatic N) is 2. The second-order valence-corrected chi connectivity index (χ2v) is 4.27. The molecule has 3 N–H and O–H groups in total. The van der Waals surface area contributed by atoms with Gasteiger partial charge in [0.05, 0.1) is 19.3 Å². The van der Waals surface area contributed by atoms with E-state index in [1.54, 1.807) is 14.2 Å². The predicted molar refractivity (Wildman–Crippen MR) is 67.7 cm³/mol. The minimum atomic E-state index is 0.347. The Bertz CT molecular complexity index is 248. The SMILES string of the molecule is COCCN=C(NN)N1CCC(OC)CC1C. The van der Waals surface area contributed by atoms with Gasteiger partial charge in [-0.15, -0.1) is 0 Å². The summed E-state index contributed by atoms with van der Waals surface area (Å²) in [5.74, 6) is 6.26. The third-order valence-electron chi connectivity index (χ3n) is 3.12. The Morgan fingerprint density at radius 3 is 2.82 bits per heavy atom. The highest BCUT2D eigenvalue weighted by Crippen LogP contribution is 2.19. The molecule has 0 aliphatic carbocycles. The Morgan fingerprint density at radius 1 is 1.53 bits per heavy atom. The molecule has 6 heteroatoms. The molecule has 0 aromatic carbocycles. The fourth-order valence-electron chi connectivity index (χ4n) is 2.12. The molecule has 1 rings (SSSR count). The van der Waals surface area contributed by atoms with E-state index in [2.05, 4.69) is 22.2 Å². The predicted octanol–water partition coefficient (Wildman–Crippen LogP) is -0.0486. The van der Waals surface area contributed by atoms with Crippen molar-refractivity contribution >= 4 is 5.96 Å². The molecule has 0 radical (unpaired) electrons. The molecule has 17 heavy (non-hydrogen) atoms.